The highest BCUT2D eigenvalue weighted by molar-refractivity contribution is 6.30. The van der Waals surface area contributed by atoms with Gasteiger partial charge in [-0.3, -0.25) is 0 Å². The molecule has 0 saturated carbocycles. The summed E-state index contributed by atoms with van der Waals surface area (Å²) in [4.78, 5) is 0. The van der Waals surface area contributed by atoms with Crippen molar-refractivity contribution < 1.29 is 0 Å². The van der Waals surface area contributed by atoms with Crippen LogP contribution in [0.15, 0.2) is 194 Å². The zero-order valence-corrected chi connectivity index (χ0v) is 28.4. The highest BCUT2D eigenvalue weighted by Crippen LogP contribution is 2.44. The second-order valence-electron chi connectivity index (χ2n) is 13.7. The van der Waals surface area contributed by atoms with Crippen molar-refractivity contribution in [3.05, 3.63) is 194 Å². The van der Waals surface area contributed by atoms with E-state index < -0.39 is 0 Å². The van der Waals surface area contributed by atoms with Crippen molar-refractivity contribution in [2.45, 2.75) is 0 Å². The van der Waals surface area contributed by atoms with Crippen LogP contribution in [0.4, 0.5) is 0 Å². The van der Waals surface area contributed by atoms with Gasteiger partial charge in [0.1, 0.15) is 0 Å². The first-order valence-electron chi connectivity index (χ1n) is 17.9. The van der Waals surface area contributed by atoms with E-state index in [1.54, 1.807) is 0 Å². The van der Waals surface area contributed by atoms with Gasteiger partial charge >= 0.3 is 0 Å². The summed E-state index contributed by atoms with van der Waals surface area (Å²) in [6.45, 7) is 0. The zero-order chi connectivity index (χ0) is 34.2. The molecule has 0 aliphatic rings. The largest absolute Gasteiger partial charge is 0.309 e. The highest BCUT2D eigenvalue weighted by Gasteiger charge is 2.20. The Balaban J connectivity index is 1.14. The van der Waals surface area contributed by atoms with E-state index in [2.05, 4.69) is 203 Å². The molecule has 0 spiro atoms. The molecule has 0 bridgehead atoms. The molecule has 0 atom stereocenters. The van der Waals surface area contributed by atoms with E-state index in [0.717, 1.165) is 5.69 Å². The second-order valence-corrected chi connectivity index (χ2v) is 13.7. The van der Waals surface area contributed by atoms with Crippen LogP contribution in [-0.4, -0.2) is 9.13 Å². The molecule has 11 rings (SSSR count). The molecular weight excluding hydrogens is 629 g/mol. The Morgan fingerprint density at radius 3 is 1.65 bits per heavy atom. The number of hydrogen-bond acceptors (Lipinski definition) is 0. The van der Waals surface area contributed by atoms with Crippen LogP contribution in [0.3, 0.4) is 0 Å². The number of rotatable bonds is 4. The summed E-state index contributed by atoms with van der Waals surface area (Å²) >= 11 is 0. The fraction of sp³-hybridized carbons (Fsp3) is 0. The minimum atomic E-state index is 1.15. The van der Waals surface area contributed by atoms with E-state index in [9.17, 15) is 0 Å². The van der Waals surface area contributed by atoms with Gasteiger partial charge in [-0.1, -0.05) is 146 Å². The van der Waals surface area contributed by atoms with E-state index in [4.69, 9.17) is 0 Å². The van der Waals surface area contributed by atoms with Crippen LogP contribution in [0.5, 0.6) is 0 Å². The quantitative estimate of drug-likeness (QED) is 0.178. The fourth-order valence-corrected chi connectivity index (χ4v) is 8.58. The minimum Gasteiger partial charge on any atom is -0.309 e. The number of benzene rings is 9. The molecule has 9 aromatic carbocycles. The van der Waals surface area contributed by atoms with Crippen molar-refractivity contribution in [2.75, 3.05) is 0 Å². The van der Waals surface area contributed by atoms with Gasteiger partial charge in [0, 0.05) is 32.9 Å². The lowest BCUT2D eigenvalue weighted by molar-refractivity contribution is 1.18. The predicted molar refractivity (Wildman–Crippen MR) is 221 cm³/mol. The monoisotopic (exact) mass is 660 g/mol. The summed E-state index contributed by atoms with van der Waals surface area (Å²) in [6.07, 6.45) is 0. The van der Waals surface area contributed by atoms with Crippen molar-refractivity contribution >= 4 is 65.2 Å². The third-order valence-electron chi connectivity index (χ3n) is 10.9. The molecule has 2 nitrogen and oxygen atoms in total. The molecule has 0 fully saturated rings. The van der Waals surface area contributed by atoms with Gasteiger partial charge in [-0.25, -0.2) is 0 Å². The van der Waals surface area contributed by atoms with Crippen molar-refractivity contribution in [2.24, 2.45) is 0 Å². The molecule has 242 valence electrons. The van der Waals surface area contributed by atoms with Gasteiger partial charge < -0.3 is 9.13 Å². The number of para-hydroxylation sites is 2. The maximum Gasteiger partial charge on any atom is 0.0553 e. The van der Waals surface area contributed by atoms with E-state index in [1.807, 2.05) is 0 Å². The Morgan fingerprint density at radius 2 is 0.846 bits per heavy atom. The smallest absolute Gasteiger partial charge is 0.0553 e. The molecule has 0 unspecified atom stereocenters. The summed E-state index contributed by atoms with van der Waals surface area (Å²) in [7, 11) is 0. The molecule has 2 heteroatoms. The lowest BCUT2D eigenvalue weighted by Crippen LogP contribution is -1.95. The lowest BCUT2D eigenvalue weighted by atomic mass is 9.94. The van der Waals surface area contributed by atoms with Crippen LogP contribution in [0, 0.1) is 0 Å². The molecule has 0 aliphatic heterocycles. The zero-order valence-electron chi connectivity index (χ0n) is 28.4. The molecule has 2 heterocycles. The summed E-state index contributed by atoms with van der Waals surface area (Å²) < 4.78 is 4.86. The maximum absolute atomic E-state index is 2.47. The molecule has 0 amide bonds. The van der Waals surface area contributed by atoms with Crippen molar-refractivity contribution in [1.82, 2.24) is 9.13 Å². The van der Waals surface area contributed by atoms with E-state index in [1.165, 1.54) is 93.1 Å². The fourth-order valence-electron chi connectivity index (χ4n) is 8.58. The average Bonchev–Trinajstić information content (AvgIpc) is 3.74. The molecule has 0 radical (unpaired) electrons. The van der Waals surface area contributed by atoms with E-state index in [0.29, 0.717) is 0 Å². The topological polar surface area (TPSA) is 9.86 Å². The van der Waals surface area contributed by atoms with Crippen molar-refractivity contribution in [1.29, 1.82) is 0 Å². The van der Waals surface area contributed by atoms with Crippen LogP contribution >= 0.6 is 0 Å². The summed E-state index contributed by atoms with van der Waals surface area (Å²) in [5.74, 6) is 0. The van der Waals surface area contributed by atoms with Crippen LogP contribution in [0.1, 0.15) is 0 Å². The number of nitrogens with zero attached hydrogens (tertiary/aromatic N) is 2. The first kappa shape index (κ1) is 28.9. The summed E-state index contributed by atoms with van der Waals surface area (Å²) in [6, 6.07) is 70.9. The van der Waals surface area contributed by atoms with Gasteiger partial charge in [0.05, 0.1) is 22.1 Å². The van der Waals surface area contributed by atoms with Crippen molar-refractivity contribution in [3.8, 4) is 33.6 Å². The van der Waals surface area contributed by atoms with Gasteiger partial charge in [0.25, 0.3) is 0 Å². The minimum absolute atomic E-state index is 1.15. The average molecular weight is 661 g/mol. The predicted octanol–water partition coefficient (Wildman–Crippen LogP) is 13.5. The number of aromatic nitrogens is 2. The van der Waals surface area contributed by atoms with Crippen LogP contribution in [0.25, 0.3) is 98.8 Å². The normalized spacial score (nSPS) is 11.8. The van der Waals surface area contributed by atoms with Gasteiger partial charge in [0.2, 0.25) is 0 Å². The van der Waals surface area contributed by atoms with E-state index in [-0.39, 0.29) is 0 Å². The Morgan fingerprint density at radius 1 is 0.269 bits per heavy atom. The summed E-state index contributed by atoms with van der Waals surface area (Å²) in [5, 5.41) is 10.2. The SMILES string of the molecule is c1ccc(-c2cc3c(c4ccccc24)c2c4ccccc4ccc2n3-c2ccc(-c3ccc4c5ccccc5n(-c5ccccc5)c4c3)cc2)cc1. The van der Waals surface area contributed by atoms with Crippen LogP contribution in [0.2, 0.25) is 0 Å². The third-order valence-corrected chi connectivity index (χ3v) is 10.9. The van der Waals surface area contributed by atoms with Gasteiger partial charge in [0.15, 0.2) is 0 Å². The van der Waals surface area contributed by atoms with Crippen LogP contribution < -0.4 is 0 Å². The summed E-state index contributed by atoms with van der Waals surface area (Å²) in [5.41, 5.74) is 12.0. The van der Waals surface area contributed by atoms with Crippen LogP contribution in [-0.2, 0) is 0 Å². The highest BCUT2D eigenvalue weighted by atomic mass is 15.0. The first-order chi connectivity index (χ1) is 25.8. The Kier molecular flexibility index (Phi) is 6.28. The molecule has 0 N–H and O–H groups in total. The standard InChI is InChI=1S/C50H32N2/c1-3-13-34(14-4-1)44-32-48-50(43-21-10-9-19-40(43)44)49-39-18-8-7-15-35(39)26-30-46(49)52(48)38-27-23-33(24-28-38)36-25-29-42-41-20-11-12-22-45(41)51(47(42)31-36)37-16-5-2-6-17-37/h1-32H. The Bertz CT molecular complexity index is 3150. The molecule has 52 heavy (non-hydrogen) atoms. The molecule has 0 aliphatic carbocycles. The van der Waals surface area contributed by atoms with Gasteiger partial charge in [-0.15, -0.1) is 0 Å². The molecular formula is C50H32N2. The number of hydrogen-bond donors (Lipinski definition) is 0. The molecule has 11 aromatic rings. The van der Waals surface area contributed by atoms with E-state index >= 15 is 0 Å². The lowest BCUT2D eigenvalue weighted by Gasteiger charge is -2.13. The third kappa shape index (κ3) is 4.25. The Labute approximate surface area is 301 Å². The molecule has 2 aromatic heterocycles. The maximum atomic E-state index is 2.47. The number of fused-ring (bicyclic) bond motifs is 10. The Hall–Kier alpha value is -6.90. The first-order valence-corrected chi connectivity index (χ1v) is 17.9. The van der Waals surface area contributed by atoms with Gasteiger partial charge in [-0.05, 0) is 92.3 Å². The molecule has 0 saturated heterocycles. The second kappa shape index (κ2) is 11.3. The van der Waals surface area contributed by atoms with Gasteiger partial charge in [-0.2, -0.15) is 0 Å². The van der Waals surface area contributed by atoms with Crippen molar-refractivity contribution in [3.63, 3.8) is 0 Å².